The summed E-state index contributed by atoms with van der Waals surface area (Å²) >= 11 is 5.71. The van der Waals surface area contributed by atoms with Crippen LogP contribution in [0.1, 0.15) is 18.9 Å². The van der Waals surface area contributed by atoms with Crippen LogP contribution < -0.4 is 5.32 Å². The molecular formula is C11H15ClN2O. The highest BCUT2D eigenvalue weighted by molar-refractivity contribution is 6.29. The van der Waals surface area contributed by atoms with Crippen LogP contribution in [0.25, 0.3) is 0 Å². The Hall–Kier alpha value is -0.640. The van der Waals surface area contributed by atoms with Crippen molar-refractivity contribution in [1.29, 1.82) is 0 Å². The molecule has 0 aromatic carbocycles. The fraction of sp³-hybridized carbons (Fsp3) is 0.545. The smallest absolute Gasteiger partial charge is 0.129 e. The highest BCUT2D eigenvalue weighted by Gasteiger charge is 2.23. The summed E-state index contributed by atoms with van der Waals surface area (Å²) in [6.45, 7) is 3.78. The molecular weight excluding hydrogens is 212 g/mol. The molecule has 15 heavy (non-hydrogen) atoms. The number of pyridine rings is 1. The van der Waals surface area contributed by atoms with E-state index in [1.54, 1.807) is 6.20 Å². The van der Waals surface area contributed by atoms with Crippen molar-refractivity contribution in [2.45, 2.75) is 32.0 Å². The minimum Gasteiger partial charge on any atom is -0.377 e. The second kappa shape index (κ2) is 4.92. The van der Waals surface area contributed by atoms with Crippen molar-refractivity contribution < 1.29 is 4.74 Å². The number of rotatable bonds is 3. The topological polar surface area (TPSA) is 34.1 Å². The second-order valence-corrected chi connectivity index (χ2v) is 4.23. The molecule has 2 rings (SSSR count). The molecule has 1 fully saturated rings. The van der Waals surface area contributed by atoms with Crippen molar-refractivity contribution in [3.63, 3.8) is 0 Å². The first-order valence-corrected chi connectivity index (χ1v) is 5.59. The van der Waals surface area contributed by atoms with Gasteiger partial charge in [-0.1, -0.05) is 17.7 Å². The van der Waals surface area contributed by atoms with Gasteiger partial charge in [-0.3, -0.25) is 0 Å². The first-order valence-electron chi connectivity index (χ1n) is 5.21. The number of halogens is 1. The van der Waals surface area contributed by atoms with Gasteiger partial charge in [-0.2, -0.15) is 0 Å². The number of hydrogen-bond acceptors (Lipinski definition) is 3. The van der Waals surface area contributed by atoms with Crippen molar-refractivity contribution in [3.8, 4) is 0 Å². The molecule has 4 heteroatoms. The highest BCUT2D eigenvalue weighted by Crippen LogP contribution is 2.13. The Kier molecular flexibility index (Phi) is 3.57. The lowest BCUT2D eigenvalue weighted by molar-refractivity contribution is 0.113. The summed E-state index contributed by atoms with van der Waals surface area (Å²) in [5, 5.41) is 4.00. The molecule has 1 aromatic heterocycles. The molecule has 1 aliphatic heterocycles. The van der Waals surface area contributed by atoms with Crippen molar-refractivity contribution >= 4 is 11.6 Å². The first kappa shape index (κ1) is 10.9. The van der Waals surface area contributed by atoms with Crippen LogP contribution in [0.5, 0.6) is 0 Å². The SMILES string of the molecule is CC1OCCC1NCc1ccc(Cl)nc1. The summed E-state index contributed by atoms with van der Waals surface area (Å²) in [7, 11) is 0. The number of ether oxygens (including phenoxy) is 1. The Morgan fingerprint density at radius 2 is 2.47 bits per heavy atom. The van der Waals surface area contributed by atoms with Gasteiger partial charge in [-0.05, 0) is 25.0 Å². The van der Waals surface area contributed by atoms with Gasteiger partial charge in [-0.15, -0.1) is 0 Å². The quantitative estimate of drug-likeness (QED) is 0.801. The van der Waals surface area contributed by atoms with Crippen LogP contribution in [0.3, 0.4) is 0 Å². The molecule has 0 radical (unpaired) electrons. The lowest BCUT2D eigenvalue weighted by Crippen LogP contribution is -2.34. The normalized spacial score (nSPS) is 25.7. The van der Waals surface area contributed by atoms with E-state index in [0.717, 1.165) is 25.1 Å². The molecule has 82 valence electrons. The van der Waals surface area contributed by atoms with Gasteiger partial charge >= 0.3 is 0 Å². The lowest BCUT2D eigenvalue weighted by Gasteiger charge is -2.15. The van der Waals surface area contributed by atoms with E-state index in [2.05, 4.69) is 17.2 Å². The molecule has 3 nitrogen and oxygen atoms in total. The van der Waals surface area contributed by atoms with Crippen LogP contribution >= 0.6 is 11.6 Å². The average Bonchev–Trinajstić information content (AvgIpc) is 2.63. The Bertz CT molecular complexity index is 315. The van der Waals surface area contributed by atoms with E-state index in [9.17, 15) is 0 Å². The molecule has 0 aliphatic carbocycles. The minimum atomic E-state index is 0.310. The molecule has 0 bridgehead atoms. The maximum Gasteiger partial charge on any atom is 0.129 e. The molecule has 1 saturated heterocycles. The number of nitrogens with zero attached hydrogens (tertiary/aromatic N) is 1. The molecule has 0 spiro atoms. The molecule has 0 amide bonds. The van der Waals surface area contributed by atoms with E-state index in [-0.39, 0.29) is 0 Å². The van der Waals surface area contributed by atoms with E-state index in [1.165, 1.54) is 0 Å². The van der Waals surface area contributed by atoms with Gasteiger partial charge in [0, 0.05) is 25.4 Å². The second-order valence-electron chi connectivity index (χ2n) is 3.84. The largest absolute Gasteiger partial charge is 0.377 e. The predicted molar refractivity (Wildman–Crippen MR) is 59.9 cm³/mol. The van der Waals surface area contributed by atoms with Gasteiger partial charge in [-0.25, -0.2) is 4.98 Å². The Morgan fingerprint density at radius 3 is 3.07 bits per heavy atom. The van der Waals surface area contributed by atoms with E-state index in [4.69, 9.17) is 16.3 Å². The third-order valence-electron chi connectivity index (χ3n) is 2.73. The van der Waals surface area contributed by atoms with Crippen LogP contribution in [-0.4, -0.2) is 23.7 Å². The van der Waals surface area contributed by atoms with E-state index in [0.29, 0.717) is 17.3 Å². The van der Waals surface area contributed by atoms with E-state index in [1.807, 2.05) is 12.1 Å². The summed E-state index contributed by atoms with van der Waals surface area (Å²) in [6.07, 6.45) is 3.20. The van der Waals surface area contributed by atoms with E-state index >= 15 is 0 Å². The summed E-state index contributed by atoms with van der Waals surface area (Å²) < 4.78 is 5.47. The standard InChI is InChI=1S/C11H15ClN2O/c1-8-10(4-5-15-8)13-6-9-2-3-11(12)14-7-9/h2-3,7-8,10,13H,4-6H2,1H3. The average molecular weight is 227 g/mol. The third-order valence-corrected chi connectivity index (χ3v) is 2.96. The monoisotopic (exact) mass is 226 g/mol. The summed E-state index contributed by atoms with van der Waals surface area (Å²) in [4.78, 5) is 4.04. The van der Waals surface area contributed by atoms with Crippen molar-refractivity contribution in [2.75, 3.05) is 6.61 Å². The number of aromatic nitrogens is 1. The number of nitrogens with one attached hydrogen (secondary N) is 1. The Labute approximate surface area is 94.8 Å². The first-order chi connectivity index (χ1) is 7.25. The summed E-state index contributed by atoms with van der Waals surface area (Å²) in [6, 6.07) is 4.26. The van der Waals surface area contributed by atoms with Gasteiger partial charge in [0.25, 0.3) is 0 Å². The Balaban J connectivity index is 1.85. The molecule has 2 unspecified atom stereocenters. The van der Waals surface area contributed by atoms with Crippen LogP contribution in [0, 0.1) is 0 Å². The van der Waals surface area contributed by atoms with Crippen molar-refractivity contribution in [1.82, 2.24) is 10.3 Å². The van der Waals surface area contributed by atoms with Gasteiger partial charge in [0.05, 0.1) is 6.10 Å². The van der Waals surface area contributed by atoms with Gasteiger partial charge < -0.3 is 10.1 Å². The highest BCUT2D eigenvalue weighted by atomic mass is 35.5. The molecule has 1 aliphatic rings. The van der Waals surface area contributed by atoms with Crippen LogP contribution in [-0.2, 0) is 11.3 Å². The predicted octanol–water partition coefficient (Wildman–Crippen LogP) is 2.00. The zero-order valence-corrected chi connectivity index (χ0v) is 9.50. The molecule has 2 atom stereocenters. The van der Waals surface area contributed by atoms with Gasteiger partial charge in [0.15, 0.2) is 0 Å². The fourth-order valence-corrected chi connectivity index (χ4v) is 1.87. The maximum atomic E-state index is 5.71. The third kappa shape index (κ3) is 2.91. The van der Waals surface area contributed by atoms with E-state index < -0.39 is 0 Å². The van der Waals surface area contributed by atoms with Gasteiger partial charge in [0.2, 0.25) is 0 Å². The Morgan fingerprint density at radius 1 is 1.60 bits per heavy atom. The minimum absolute atomic E-state index is 0.310. The summed E-state index contributed by atoms with van der Waals surface area (Å²) in [5.74, 6) is 0. The lowest BCUT2D eigenvalue weighted by atomic mass is 10.1. The van der Waals surface area contributed by atoms with Crippen molar-refractivity contribution in [3.05, 3.63) is 29.0 Å². The molecule has 2 heterocycles. The number of hydrogen-bond donors (Lipinski definition) is 1. The van der Waals surface area contributed by atoms with Crippen LogP contribution in [0.4, 0.5) is 0 Å². The van der Waals surface area contributed by atoms with Crippen molar-refractivity contribution in [2.24, 2.45) is 0 Å². The molecule has 1 aromatic rings. The zero-order valence-electron chi connectivity index (χ0n) is 8.74. The van der Waals surface area contributed by atoms with Gasteiger partial charge in [0.1, 0.15) is 5.15 Å². The zero-order chi connectivity index (χ0) is 10.7. The van der Waals surface area contributed by atoms with Crippen LogP contribution in [0.15, 0.2) is 18.3 Å². The van der Waals surface area contributed by atoms with Crippen LogP contribution in [0.2, 0.25) is 5.15 Å². The molecule has 0 saturated carbocycles. The maximum absolute atomic E-state index is 5.71. The summed E-state index contributed by atoms with van der Waals surface area (Å²) in [5.41, 5.74) is 1.15. The fourth-order valence-electron chi connectivity index (χ4n) is 1.76. The molecule has 1 N–H and O–H groups in total.